The minimum atomic E-state index is -0.753. The van der Waals surface area contributed by atoms with Crippen molar-refractivity contribution >= 4 is 23.4 Å². The molecule has 1 N–H and O–H groups in total. The molecule has 1 aliphatic heterocycles. The van der Waals surface area contributed by atoms with E-state index in [-0.39, 0.29) is 23.5 Å². The molecule has 0 spiro atoms. The van der Waals surface area contributed by atoms with Crippen LogP contribution in [0.4, 0.5) is 0 Å². The van der Waals surface area contributed by atoms with Gasteiger partial charge in [-0.3, -0.25) is 9.36 Å². The Morgan fingerprint density at radius 3 is 2.50 bits per heavy atom. The molecule has 0 fully saturated rings. The minimum Gasteiger partial charge on any atom is -0.508 e. The highest BCUT2D eigenvalue weighted by atomic mass is 32.1. The number of methoxy groups -OCH3 is 2. The van der Waals surface area contributed by atoms with Gasteiger partial charge in [-0.2, -0.15) is 0 Å². The number of fused-ring (bicyclic) bond motifs is 1. The summed E-state index contributed by atoms with van der Waals surface area (Å²) in [7, 11) is 3.07. The molecule has 0 aliphatic carbocycles. The first-order chi connectivity index (χ1) is 16.4. The summed E-state index contributed by atoms with van der Waals surface area (Å²) in [4.78, 5) is 31.6. The van der Waals surface area contributed by atoms with Crippen molar-refractivity contribution in [2.75, 3.05) is 20.8 Å². The number of carbonyl (C=O) groups is 1. The Bertz CT molecular complexity index is 1450. The number of aromatic hydroxyl groups is 1. The topological polar surface area (TPSA) is 99.4 Å². The van der Waals surface area contributed by atoms with Gasteiger partial charge in [-0.05, 0) is 55.3 Å². The fourth-order valence-electron chi connectivity index (χ4n) is 3.85. The first-order valence-electron chi connectivity index (χ1n) is 10.6. The number of rotatable bonds is 6. The highest BCUT2D eigenvalue weighted by molar-refractivity contribution is 7.07. The zero-order valence-electron chi connectivity index (χ0n) is 19.2. The standard InChI is InChI=1S/C25H24N2O6S/c1-5-33-24(30)21-14(2)26-25-27(22(21)16-8-11-18(31-3)19(13-16)32-4)23(29)20(34-25)12-15-6-9-17(28)10-7-15/h6-13,22,28H,5H2,1-4H3/b20-12+. The van der Waals surface area contributed by atoms with Gasteiger partial charge in [-0.25, -0.2) is 9.79 Å². The number of carbonyl (C=O) groups excluding carboxylic acids is 1. The Morgan fingerprint density at radius 1 is 1.15 bits per heavy atom. The molecule has 2 heterocycles. The third kappa shape index (κ3) is 4.22. The molecular weight excluding hydrogens is 456 g/mol. The fraction of sp³-hybridized carbons (Fsp3) is 0.240. The van der Waals surface area contributed by atoms with Crippen LogP contribution in [-0.2, 0) is 9.53 Å². The maximum absolute atomic E-state index is 13.6. The fourth-order valence-corrected chi connectivity index (χ4v) is 4.90. The Labute approximate surface area is 199 Å². The second kappa shape index (κ2) is 9.56. The van der Waals surface area contributed by atoms with Gasteiger partial charge in [0, 0.05) is 0 Å². The van der Waals surface area contributed by atoms with E-state index in [0.29, 0.717) is 32.1 Å². The van der Waals surface area contributed by atoms with Crippen molar-refractivity contribution in [2.45, 2.75) is 19.9 Å². The highest BCUT2D eigenvalue weighted by Crippen LogP contribution is 2.36. The minimum absolute atomic E-state index is 0.141. The van der Waals surface area contributed by atoms with Gasteiger partial charge < -0.3 is 19.3 Å². The molecule has 0 saturated carbocycles. The largest absolute Gasteiger partial charge is 0.508 e. The molecular formula is C25H24N2O6S. The molecule has 4 rings (SSSR count). The lowest BCUT2D eigenvalue weighted by Gasteiger charge is -2.25. The number of phenols is 1. The van der Waals surface area contributed by atoms with E-state index in [4.69, 9.17) is 14.2 Å². The Hall–Kier alpha value is -3.85. The summed E-state index contributed by atoms with van der Waals surface area (Å²) in [5.41, 5.74) is 1.90. The third-order valence-electron chi connectivity index (χ3n) is 5.43. The van der Waals surface area contributed by atoms with Crippen LogP contribution in [0.3, 0.4) is 0 Å². The van der Waals surface area contributed by atoms with E-state index >= 15 is 0 Å². The Kier molecular flexibility index (Phi) is 6.56. The van der Waals surface area contributed by atoms with Crippen molar-refractivity contribution in [3.63, 3.8) is 0 Å². The summed E-state index contributed by atoms with van der Waals surface area (Å²) in [6.45, 7) is 3.66. The zero-order valence-corrected chi connectivity index (χ0v) is 20.0. The number of esters is 1. The molecule has 9 heteroatoms. The Balaban J connectivity index is 1.96. The molecule has 0 saturated heterocycles. The summed E-state index contributed by atoms with van der Waals surface area (Å²) < 4.78 is 18.1. The van der Waals surface area contributed by atoms with Crippen molar-refractivity contribution in [3.8, 4) is 17.2 Å². The average Bonchev–Trinajstić information content (AvgIpc) is 3.13. The summed E-state index contributed by atoms with van der Waals surface area (Å²) >= 11 is 1.23. The van der Waals surface area contributed by atoms with Gasteiger partial charge in [0.15, 0.2) is 16.3 Å². The maximum atomic E-state index is 13.6. The van der Waals surface area contributed by atoms with Crippen molar-refractivity contribution in [1.29, 1.82) is 0 Å². The monoisotopic (exact) mass is 480 g/mol. The van der Waals surface area contributed by atoms with E-state index in [1.54, 1.807) is 62.4 Å². The van der Waals surface area contributed by atoms with Gasteiger partial charge in [-0.15, -0.1) is 0 Å². The van der Waals surface area contributed by atoms with Crippen LogP contribution >= 0.6 is 11.3 Å². The van der Waals surface area contributed by atoms with Gasteiger partial charge >= 0.3 is 5.97 Å². The summed E-state index contributed by atoms with van der Waals surface area (Å²) in [6, 6.07) is 11.1. The molecule has 1 aliphatic rings. The highest BCUT2D eigenvalue weighted by Gasteiger charge is 2.33. The number of aromatic nitrogens is 1. The quantitative estimate of drug-likeness (QED) is 0.545. The number of nitrogens with zero attached hydrogens (tertiary/aromatic N) is 2. The van der Waals surface area contributed by atoms with Gasteiger partial charge in [-0.1, -0.05) is 29.5 Å². The number of hydrogen-bond acceptors (Lipinski definition) is 8. The van der Waals surface area contributed by atoms with Gasteiger partial charge in [0.2, 0.25) is 0 Å². The number of benzene rings is 2. The lowest BCUT2D eigenvalue weighted by molar-refractivity contribution is -0.139. The van der Waals surface area contributed by atoms with Crippen LogP contribution < -0.4 is 24.4 Å². The van der Waals surface area contributed by atoms with Crippen LogP contribution in [0.25, 0.3) is 6.08 Å². The van der Waals surface area contributed by atoms with Crippen molar-refractivity contribution in [1.82, 2.24) is 4.57 Å². The van der Waals surface area contributed by atoms with E-state index in [2.05, 4.69) is 4.99 Å². The summed E-state index contributed by atoms with van der Waals surface area (Å²) in [5, 5.41) is 9.54. The molecule has 34 heavy (non-hydrogen) atoms. The van der Waals surface area contributed by atoms with Crippen molar-refractivity contribution in [3.05, 3.63) is 84.5 Å². The van der Waals surface area contributed by atoms with Crippen molar-refractivity contribution < 1.29 is 24.1 Å². The zero-order chi connectivity index (χ0) is 24.4. The molecule has 176 valence electrons. The number of thiazole rings is 1. The first-order valence-corrected chi connectivity index (χ1v) is 11.4. The number of phenolic OH excluding ortho intramolecular Hbond substituents is 1. The molecule has 0 amide bonds. The van der Waals surface area contributed by atoms with Gasteiger partial charge in [0.05, 0.1) is 42.7 Å². The predicted molar refractivity (Wildman–Crippen MR) is 128 cm³/mol. The normalized spacial score (nSPS) is 15.5. The molecule has 2 aromatic carbocycles. The lowest BCUT2D eigenvalue weighted by Crippen LogP contribution is -2.39. The molecule has 1 unspecified atom stereocenters. The van der Waals surface area contributed by atoms with Crippen LogP contribution in [0, 0.1) is 0 Å². The van der Waals surface area contributed by atoms with E-state index < -0.39 is 12.0 Å². The molecule has 0 radical (unpaired) electrons. The second-order valence-electron chi connectivity index (χ2n) is 7.51. The number of hydrogen-bond donors (Lipinski definition) is 1. The van der Waals surface area contributed by atoms with E-state index in [1.165, 1.54) is 30.1 Å². The SMILES string of the molecule is CCOC(=O)C1=C(C)N=c2s/c(=C/c3ccc(O)cc3)c(=O)n2C1c1ccc(OC)c(OC)c1. The van der Waals surface area contributed by atoms with Crippen LogP contribution in [0.1, 0.15) is 31.0 Å². The Morgan fingerprint density at radius 2 is 1.85 bits per heavy atom. The van der Waals surface area contributed by atoms with Crippen molar-refractivity contribution in [2.24, 2.45) is 4.99 Å². The molecule has 1 aromatic heterocycles. The smallest absolute Gasteiger partial charge is 0.338 e. The van der Waals surface area contributed by atoms with E-state index in [9.17, 15) is 14.7 Å². The maximum Gasteiger partial charge on any atom is 0.338 e. The number of allylic oxidation sites excluding steroid dienone is 1. The molecule has 1 atom stereocenters. The van der Waals surface area contributed by atoms with Crippen LogP contribution in [-0.4, -0.2) is 36.5 Å². The molecule has 3 aromatic rings. The molecule has 8 nitrogen and oxygen atoms in total. The summed E-state index contributed by atoms with van der Waals surface area (Å²) in [5.74, 6) is 0.617. The first kappa shape index (κ1) is 23.3. The van der Waals surface area contributed by atoms with Gasteiger partial charge in [0.1, 0.15) is 5.75 Å². The van der Waals surface area contributed by atoms with Crippen LogP contribution in [0.5, 0.6) is 17.2 Å². The summed E-state index contributed by atoms with van der Waals surface area (Å²) in [6.07, 6.45) is 1.73. The van der Waals surface area contributed by atoms with Crippen LogP contribution in [0.2, 0.25) is 0 Å². The van der Waals surface area contributed by atoms with E-state index in [0.717, 1.165) is 5.56 Å². The lowest BCUT2D eigenvalue weighted by atomic mass is 9.95. The average molecular weight is 481 g/mol. The van der Waals surface area contributed by atoms with Crippen LogP contribution in [0.15, 0.2) is 63.5 Å². The second-order valence-corrected chi connectivity index (χ2v) is 8.52. The number of ether oxygens (including phenoxy) is 3. The van der Waals surface area contributed by atoms with Gasteiger partial charge in [0.25, 0.3) is 5.56 Å². The third-order valence-corrected chi connectivity index (χ3v) is 6.41. The predicted octanol–water partition coefficient (Wildman–Crippen LogP) is 2.52. The molecule has 0 bridgehead atoms. The van der Waals surface area contributed by atoms with E-state index in [1.807, 2.05) is 0 Å².